The summed E-state index contributed by atoms with van der Waals surface area (Å²) in [5, 5.41) is 23.3. The molecule has 1 aliphatic rings. The number of aromatic nitrogens is 4. The first-order chi connectivity index (χ1) is 15.1. The van der Waals surface area contributed by atoms with Gasteiger partial charge in [-0.05, 0) is 43.2 Å². The first-order valence-corrected chi connectivity index (χ1v) is 10.7. The molecule has 4 rings (SSSR count). The third-order valence-corrected chi connectivity index (χ3v) is 5.57. The Kier molecular flexibility index (Phi) is 6.63. The van der Waals surface area contributed by atoms with Gasteiger partial charge in [0.2, 0.25) is 10.3 Å². The summed E-state index contributed by atoms with van der Waals surface area (Å²) in [6, 6.07) is 9.65. The van der Waals surface area contributed by atoms with Crippen LogP contribution in [0.3, 0.4) is 0 Å². The third kappa shape index (κ3) is 5.30. The van der Waals surface area contributed by atoms with Crippen LogP contribution in [0.25, 0.3) is 0 Å². The van der Waals surface area contributed by atoms with Gasteiger partial charge < -0.3 is 15.0 Å². The molecule has 0 aliphatic carbocycles. The first-order valence-electron chi connectivity index (χ1n) is 9.93. The second-order valence-electron chi connectivity index (χ2n) is 6.95. The number of carbonyl (C=O) groups is 1. The Morgan fingerprint density at radius 2 is 2.06 bits per heavy atom. The molecular formula is C20H22FN7O2S. The maximum atomic E-state index is 13.2. The van der Waals surface area contributed by atoms with Crippen LogP contribution in [-0.4, -0.2) is 52.0 Å². The summed E-state index contributed by atoms with van der Waals surface area (Å²) < 4.78 is 18.8. The van der Waals surface area contributed by atoms with E-state index in [2.05, 4.69) is 35.9 Å². The van der Waals surface area contributed by atoms with E-state index in [1.54, 1.807) is 13.1 Å². The topological polar surface area (TPSA) is 105 Å². The number of amides is 1. The van der Waals surface area contributed by atoms with Crippen LogP contribution < -0.4 is 15.5 Å². The lowest BCUT2D eigenvalue weighted by atomic mass is 10.1. The van der Waals surface area contributed by atoms with Crippen molar-refractivity contribution in [1.82, 2.24) is 20.4 Å². The molecule has 1 unspecified atom stereocenters. The summed E-state index contributed by atoms with van der Waals surface area (Å²) in [6.07, 6.45) is 1.72. The van der Waals surface area contributed by atoms with Gasteiger partial charge in [0, 0.05) is 31.9 Å². The molecule has 2 atom stereocenters. The summed E-state index contributed by atoms with van der Waals surface area (Å²) in [6.45, 7) is 3.77. The van der Waals surface area contributed by atoms with Gasteiger partial charge in [-0.3, -0.25) is 10.1 Å². The number of anilines is 3. The van der Waals surface area contributed by atoms with Crippen molar-refractivity contribution in [3.05, 3.63) is 54.0 Å². The van der Waals surface area contributed by atoms with E-state index in [-0.39, 0.29) is 17.8 Å². The molecule has 31 heavy (non-hydrogen) atoms. The largest absolute Gasteiger partial charge is 0.364 e. The van der Waals surface area contributed by atoms with Gasteiger partial charge in [-0.25, -0.2) is 4.39 Å². The Morgan fingerprint density at radius 3 is 2.81 bits per heavy atom. The Labute approximate surface area is 182 Å². The van der Waals surface area contributed by atoms with Crippen LogP contribution in [0.2, 0.25) is 0 Å². The van der Waals surface area contributed by atoms with Crippen molar-refractivity contribution in [2.24, 2.45) is 0 Å². The van der Waals surface area contributed by atoms with Crippen LogP contribution in [0.1, 0.15) is 25.0 Å². The average molecular weight is 444 g/mol. The van der Waals surface area contributed by atoms with E-state index >= 15 is 0 Å². The Morgan fingerprint density at radius 1 is 1.26 bits per heavy atom. The van der Waals surface area contributed by atoms with Crippen molar-refractivity contribution < 1.29 is 13.9 Å². The Balaban J connectivity index is 1.35. The lowest BCUT2D eigenvalue weighted by Gasteiger charge is -2.16. The summed E-state index contributed by atoms with van der Waals surface area (Å²) in [5.41, 5.74) is 0.568. The lowest BCUT2D eigenvalue weighted by Crippen LogP contribution is -2.26. The summed E-state index contributed by atoms with van der Waals surface area (Å²) in [5.74, 6) is 0.0923. The van der Waals surface area contributed by atoms with Crippen LogP contribution >= 0.6 is 11.3 Å². The van der Waals surface area contributed by atoms with Crippen LogP contribution in [0.5, 0.6) is 0 Å². The molecule has 0 saturated carbocycles. The average Bonchev–Trinajstić information content (AvgIpc) is 3.43. The van der Waals surface area contributed by atoms with Crippen LogP contribution in [0.15, 0.2) is 42.6 Å². The van der Waals surface area contributed by atoms with Gasteiger partial charge in [0.25, 0.3) is 5.91 Å². The number of halogens is 1. The van der Waals surface area contributed by atoms with Crippen LogP contribution in [-0.2, 0) is 9.53 Å². The molecule has 9 nitrogen and oxygen atoms in total. The van der Waals surface area contributed by atoms with E-state index in [0.717, 1.165) is 25.3 Å². The highest BCUT2D eigenvalue weighted by molar-refractivity contribution is 7.19. The number of ether oxygens (including phenoxy) is 1. The Hall–Kier alpha value is -3.18. The molecule has 2 N–H and O–H groups in total. The van der Waals surface area contributed by atoms with Gasteiger partial charge in [0.15, 0.2) is 11.9 Å². The number of rotatable bonds is 8. The molecule has 162 valence electrons. The second kappa shape index (κ2) is 9.75. The Bertz CT molecular complexity index is 1000. The number of hydrogen-bond acceptors (Lipinski definition) is 9. The van der Waals surface area contributed by atoms with Gasteiger partial charge >= 0.3 is 0 Å². The van der Waals surface area contributed by atoms with Crippen LogP contribution in [0, 0.1) is 5.82 Å². The van der Waals surface area contributed by atoms with E-state index in [4.69, 9.17) is 4.74 Å². The molecule has 0 spiro atoms. The molecular weight excluding hydrogens is 421 g/mol. The molecule has 0 bridgehead atoms. The van der Waals surface area contributed by atoms with Crippen molar-refractivity contribution in [1.29, 1.82) is 0 Å². The van der Waals surface area contributed by atoms with Gasteiger partial charge in [-0.1, -0.05) is 23.5 Å². The third-order valence-electron chi connectivity index (χ3n) is 4.80. The smallest absolute Gasteiger partial charge is 0.259 e. The fourth-order valence-corrected chi connectivity index (χ4v) is 4.08. The van der Waals surface area contributed by atoms with Crippen molar-refractivity contribution in [3.63, 3.8) is 0 Å². The number of nitrogens with one attached hydrogen (secondary N) is 2. The quantitative estimate of drug-likeness (QED) is 0.548. The second-order valence-corrected chi connectivity index (χ2v) is 7.92. The maximum Gasteiger partial charge on any atom is 0.259 e. The van der Waals surface area contributed by atoms with Gasteiger partial charge in [-0.2, -0.15) is 5.10 Å². The highest BCUT2D eigenvalue weighted by atomic mass is 32.1. The molecule has 3 heterocycles. The zero-order chi connectivity index (χ0) is 21.6. The summed E-state index contributed by atoms with van der Waals surface area (Å²) in [7, 11) is 0. The van der Waals surface area contributed by atoms with Crippen molar-refractivity contribution in [2.75, 3.05) is 35.2 Å². The maximum absolute atomic E-state index is 13.2. The molecule has 1 aromatic carbocycles. The molecule has 1 fully saturated rings. The number of hydrogen-bond donors (Lipinski definition) is 2. The fraction of sp³-hybridized carbons (Fsp3) is 0.350. The minimum absolute atomic E-state index is 0.189. The van der Waals surface area contributed by atoms with Gasteiger partial charge in [0.1, 0.15) is 5.82 Å². The zero-order valence-electron chi connectivity index (χ0n) is 16.9. The molecule has 1 aliphatic heterocycles. The van der Waals surface area contributed by atoms with Gasteiger partial charge in [0.05, 0.1) is 0 Å². The van der Waals surface area contributed by atoms with E-state index in [9.17, 15) is 9.18 Å². The number of nitrogens with zero attached hydrogens (tertiary/aromatic N) is 5. The minimum Gasteiger partial charge on any atom is -0.364 e. The van der Waals surface area contributed by atoms with Crippen molar-refractivity contribution >= 4 is 33.3 Å². The molecule has 0 radical (unpaired) electrons. The molecule has 3 aromatic rings. The van der Waals surface area contributed by atoms with E-state index < -0.39 is 6.10 Å². The van der Waals surface area contributed by atoms with E-state index in [1.165, 1.54) is 35.6 Å². The normalized spacial score (nSPS) is 16.8. The standard InChI is InChI=1S/C20H22FN7O2S/c1-2-30-17(13-5-7-14(21)8-6-13)18(29)24-20-27-26-19(31-20)23-15-9-11-28(12-15)16-4-3-10-22-25-16/h3-8,10,15,17H,2,9,11-12H2,1H3,(H,23,26)(H,24,27,29)/t15-,17?/m1/s1. The van der Waals surface area contributed by atoms with Crippen molar-refractivity contribution in [2.45, 2.75) is 25.5 Å². The van der Waals surface area contributed by atoms with E-state index in [0.29, 0.717) is 22.4 Å². The summed E-state index contributed by atoms with van der Waals surface area (Å²) >= 11 is 1.25. The molecule has 1 saturated heterocycles. The van der Waals surface area contributed by atoms with Crippen LogP contribution in [0.4, 0.5) is 20.5 Å². The lowest BCUT2D eigenvalue weighted by molar-refractivity contribution is -0.127. The number of carbonyl (C=O) groups excluding carboxylic acids is 1. The minimum atomic E-state index is -0.860. The monoisotopic (exact) mass is 443 g/mol. The van der Waals surface area contributed by atoms with E-state index in [1.807, 2.05) is 12.1 Å². The first kappa shape index (κ1) is 21.1. The zero-order valence-corrected chi connectivity index (χ0v) is 17.7. The van der Waals surface area contributed by atoms with Crippen molar-refractivity contribution in [3.8, 4) is 0 Å². The molecule has 11 heteroatoms. The SMILES string of the molecule is CCOC(C(=O)Nc1nnc(N[C@@H]2CCN(c3cccnn3)C2)s1)c1ccc(F)cc1. The summed E-state index contributed by atoms with van der Waals surface area (Å²) in [4.78, 5) is 14.9. The highest BCUT2D eigenvalue weighted by Crippen LogP contribution is 2.26. The molecule has 2 aromatic heterocycles. The fourth-order valence-electron chi connectivity index (χ4n) is 3.35. The van der Waals surface area contributed by atoms with Gasteiger partial charge in [-0.15, -0.1) is 15.3 Å². The highest BCUT2D eigenvalue weighted by Gasteiger charge is 2.26. The number of benzene rings is 1. The predicted octanol–water partition coefficient (Wildman–Crippen LogP) is 2.87. The predicted molar refractivity (Wildman–Crippen MR) is 116 cm³/mol. The molecule has 1 amide bonds.